The number of amides is 2. The fourth-order valence-corrected chi connectivity index (χ4v) is 2.60. The van der Waals surface area contributed by atoms with E-state index in [4.69, 9.17) is 19.0 Å². The molecular formula is C20H32BrN3O9. The standard InChI is InChI=1S/C20H32BrN3O9/c21-15-17(26)23-8-10-31-12-14-32-13-11-30-9-7-22-16(25)3-1-2-4-20(29)33-24-18(27)5-6-19(24)28/h5-6,27-28H,1-4,7-15H2,(H,22,25)(H,23,26). The molecule has 0 bridgehead atoms. The van der Waals surface area contributed by atoms with E-state index < -0.39 is 5.97 Å². The highest BCUT2D eigenvalue weighted by molar-refractivity contribution is 9.09. The van der Waals surface area contributed by atoms with Gasteiger partial charge in [-0.15, -0.1) is 4.73 Å². The molecule has 0 aliphatic heterocycles. The molecule has 0 aromatic carbocycles. The minimum absolute atomic E-state index is 0.0478. The number of aromatic nitrogens is 1. The van der Waals surface area contributed by atoms with E-state index in [-0.39, 0.29) is 41.7 Å². The summed E-state index contributed by atoms with van der Waals surface area (Å²) >= 11 is 3.05. The van der Waals surface area contributed by atoms with Gasteiger partial charge in [0.25, 0.3) is 0 Å². The topological polar surface area (TPSA) is 158 Å². The van der Waals surface area contributed by atoms with Gasteiger partial charge in [0.1, 0.15) is 0 Å². The normalized spacial score (nSPS) is 10.7. The fourth-order valence-electron chi connectivity index (χ4n) is 2.40. The first kappa shape index (κ1) is 28.7. The molecule has 13 heteroatoms. The first-order chi connectivity index (χ1) is 15.9. The Balaban J connectivity index is 1.86. The SMILES string of the molecule is O=C(CBr)NCCOCCOCCOCCNC(=O)CCCCC(=O)On1c(O)ccc1O. The Morgan fingerprint density at radius 2 is 1.27 bits per heavy atom. The number of halogens is 1. The van der Waals surface area contributed by atoms with Crippen molar-refractivity contribution in [1.29, 1.82) is 0 Å². The maximum absolute atomic E-state index is 11.8. The number of nitrogens with zero attached hydrogens (tertiary/aromatic N) is 1. The summed E-state index contributed by atoms with van der Waals surface area (Å²) in [6, 6.07) is 2.39. The van der Waals surface area contributed by atoms with Gasteiger partial charge in [-0.05, 0) is 12.8 Å². The molecule has 2 amide bonds. The summed E-state index contributed by atoms with van der Waals surface area (Å²) in [7, 11) is 0. The third kappa shape index (κ3) is 14.4. The van der Waals surface area contributed by atoms with Gasteiger partial charge in [-0.25, -0.2) is 4.79 Å². The molecule has 0 aliphatic carbocycles. The van der Waals surface area contributed by atoms with Crippen LogP contribution in [0, 0.1) is 0 Å². The van der Waals surface area contributed by atoms with Gasteiger partial charge >= 0.3 is 5.97 Å². The third-order valence-corrected chi connectivity index (χ3v) is 4.54. The van der Waals surface area contributed by atoms with Crippen molar-refractivity contribution in [3.63, 3.8) is 0 Å². The summed E-state index contributed by atoms with van der Waals surface area (Å²) in [4.78, 5) is 39.2. The first-order valence-corrected chi connectivity index (χ1v) is 11.7. The maximum Gasteiger partial charge on any atom is 0.333 e. The molecule has 33 heavy (non-hydrogen) atoms. The van der Waals surface area contributed by atoms with Gasteiger partial charge in [-0.3, -0.25) is 9.59 Å². The molecule has 0 radical (unpaired) electrons. The molecule has 4 N–H and O–H groups in total. The number of carbonyl (C=O) groups is 3. The van der Waals surface area contributed by atoms with E-state index in [1.54, 1.807) is 0 Å². The van der Waals surface area contributed by atoms with E-state index in [1.165, 1.54) is 12.1 Å². The summed E-state index contributed by atoms with van der Waals surface area (Å²) in [5, 5.41) is 24.4. The molecule has 0 fully saturated rings. The minimum atomic E-state index is -0.627. The Hall–Kier alpha value is -2.35. The lowest BCUT2D eigenvalue weighted by Crippen LogP contribution is -2.28. The van der Waals surface area contributed by atoms with Crippen molar-refractivity contribution in [2.45, 2.75) is 25.7 Å². The molecule has 1 heterocycles. The van der Waals surface area contributed by atoms with Crippen molar-refractivity contribution in [1.82, 2.24) is 15.4 Å². The summed E-state index contributed by atoms with van der Waals surface area (Å²) in [5.74, 6) is -1.62. The molecule has 0 saturated heterocycles. The molecule has 12 nitrogen and oxygen atoms in total. The summed E-state index contributed by atoms with van der Waals surface area (Å²) < 4.78 is 16.6. The number of nitrogens with one attached hydrogen (secondary N) is 2. The monoisotopic (exact) mass is 537 g/mol. The summed E-state index contributed by atoms with van der Waals surface area (Å²) in [6.07, 6.45) is 1.23. The van der Waals surface area contributed by atoms with Crippen LogP contribution in [0.25, 0.3) is 0 Å². The molecule has 0 atom stereocenters. The van der Waals surface area contributed by atoms with E-state index in [2.05, 4.69) is 26.6 Å². The van der Waals surface area contributed by atoms with Crippen molar-refractivity contribution < 1.29 is 43.6 Å². The average molecular weight is 538 g/mol. The fraction of sp³-hybridized carbons (Fsp3) is 0.650. The van der Waals surface area contributed by atoms with E-state index in [0.29, 0.717) is 70.3 Å². The molecule has 1 aromatic rings. The second-order valence-corrected chi connectivity index (χ2v) is 7.25. The molecule has 1 aromatic heterocycles. The number of alkyl halides is 1. The number of carbonyl (C=O) groups excluding carboxylic acids is 3. The highest BCUT2D eigenvalue weighted by Crippen LogP contribution is 2.18. The Morgan fingerprint density at radius 3 is 1.82 bits per heavy atom. The zero-order chi connectivity index (χ0) is 24.3. The molecule has 188 valence electrons. The van der Waals surface area contributed by atoms with Crippen molar-refractivity contribution in [2.24, 2.45) is 0 Å². The van der Waals surface area contributed by atoms with Crippen LogP contribution in [-0.4, -0.2) is 90.8 Å². The summed E-state index contributed by atoms with van der Waals surface area (Å²) in [5.41, 5.74) is 0. The van der Waals surface area contributed by atoms with Crippen molar-refractivity contribution in [2.75, 3.05) is 58.1 Å². The van der Waals surface area contributed by atoms with Crippen LogP contribution in [0.5, 0.6) is 11.8 Å². The second kappa shape index (κ2) is 18.1. The minimum Gasteiger partial charge on any atom is -0.492 e. The number of hydrogen-bond acceptors (Lipinski definition) is 9. The van der Waals surface area contributed by atoms with Gasteiger partial charge in [0.15, 0.2) is 0 Å². The van der Waals surface area contributed by atoms with Crippen LogP contribution in [0.2, 0.25) is 0 Å². The quantitative estimate of drug-likeness (QED) is 0.142. The Labute approximate surface area is 200 Å². The van der Waals surface area contributed by atoms with Crippen LogP contribution in [0.1, 0.15) is 25.7 Å². The van der Waals surface area contributed by atoms with E-state index in [9.17, 15) is 24.6 Å². The van der Waals surface area contributed by atoms with Crippen molar-refractivity contribution in [3.8, 4) is 11.8 Å². The van der Waals surface area contributed by atoms with Crippen LogP contribution in [0.3, 0.4) is 0 Å². The van der Waals surface area contributed by atoms with Gasteiger partial charge in [0.05, 0.1) is 45.0 Å². The predicted molar refractivity (Wildman–Crippen MR) is 120 cm³/mol. The van der Waals surface area contributed by atoms with Crippen molar-refractivity contribution in [3.05, 3.63) is 12.1 Å². The molecular weight excluding hydrogens is 506 g/mol. The average Bonchev–Trinajstić information content (AvgIpc) is 3.11. The Kier molecular flexibility index (Phi) is 15.7. The molecule has 1 rings (SSSR count). The van der Waals surface area contributed by atoms with Crippen LogP contribution >= 0.6 is 15.9 Å². The largest absolute Gasteiger partial charge is 0.492 e. The van der Waals surface area contributed by atoms with Crippen molar-refractivity contribution >= 4 is 33.7 Å². The predicted octanol–water partition coefficient (Wildman–Crippen LogP) is 0.0920. The molecule has 0 saturated carbocycles. The van der Waals surface area contributed by atoms with E-state index in [0.717, 1.165) is 0 Å². The number of ether oxygens (including phenoxy) is 3. The second-order valence-electron chi connectivity index (χ2n) is 6.69. The summed E-state index contributed by atoms with van der Waals surface area (Å²) in [6.45, 7) is 3.26. The van der Waals surface area contributed by atoms with Gasteiger partial charge < -0.3 is 39.9 Å². The van der Waals surface area contributed by atoms with Crippen LogP contribution in [0.15, 0.2) is 12.1 Å². The lowest BCUT2D eigenvalue weighted by Gasteiger charge is -2.08. The van der Waals surface area contributed by atoms with E-state index in [1.807, 2.05) is 0 Å². The molecule has 0 spiro atoms. The zero-order valence-corrected chi connectivity index (χ0v) is 20.0. The number of aromatic hydroxyl groups is 2. The maximum atomic E-state index is 11.8. The number of rotatable bonds is 19. The van der Waals surface area contributed by atoms with E-state index >= 15 is 0 Å². The van der Waals surface area contributed by atoms with Gasteiger partial charge in [-0.1, -0.05) is 15.9 Å². The molecule has 0 unspecified atom stereocenters. The van der Waals surface area contributed by atoms with Crippen LogP contribution in [0.4, 0.5) is 0 Å². The number of unbranched alkanes of at least 4 members (excludes halogenated alkanes) is 1. The lowest BCUT2D eigenvalue weighted by atomic mass is 10.2. The first-order valence-electron chi connectivity index (χ1n) is 10.6. The van der Waals surface area contributed by atoms with Crippen LogP contribution < -0.4 is 15.5 Å². The number of hydrogen-bond donors (Lipinski definition) is 4. The molecule has 0 aliphatic rings. The highest BCUT2D eigenvalue weighted by atomic mass is 79.9. The highest BCUT2D eigenvalue weighted by Gasteiger charge is 2.12. The lowest BCUT2D eigenvalue weighted by molar-refractivity contribution is -0.145. The Bertz CT molecular complexity index is 695. The van der Waals surface area contributed by atoms with Gasteiger partial charge in [0.2, 0.25) is 23.6 Å². The van der Waals surface area contributed by atoms with Gasteiger partial charge in [0, 0.05) is 38.1 Å². The smallest absolute Gasteiger partial charge is 0.333 e. The third-order valence-electron chi connectivity index (χ3n) is 4.03. The Morgan fingerprint density at radius 1 is 0.788 bits per heavy atom. The van der Waals surface area contributed by atoms with Crippen LogP contribution in [-0.2, 0) is 28.6 Å². The van der Waals surface area contributed by atoms with Gasteiger partial charge in [-0.2, -0.15) is 0 Å². The zero-order valence-electron chi connectivity index (χ0n) is 18.4.